The van der Waals surface area contributed by atoms with E-state index in [4.69, 9.17) is 0 Å². The van der Waals surface area contributed by atoms with Crippen molar-refractivity contribution < 1.29 is 22.8 Å². The van der Waals surface area contributed by atoms with E-state index in [9.17, 15) is 22.8 Å². The molecule has 0 fully saturated rings. The van der Waals surface area contributed by atoms with E-state index >= 15 is 0 Å². The molecule has 3 aromatic carbocycles. The van der Waals surface area contributed by atoms with Gasteiger partial charge in [0.1, 0.15) is 0 Å². The van der Waals surface area contributed by atoms with Crippen molar-refractivity contribution in [2.75, 3.05) is 5.32 Å². The fourth-order valence-corrected chi connectivity index (χ4v) is 5.25. The zero-order valence-electron chi connectivity index (χ0n) is 20.1. The van der Waals surface area contributed by atoms with Crippen LogP contribution in [0.1, 0.15) is 48.3 Å². The molecule has 0 unspecified atom stereocenters. The van der Waals surface area contributed by atoms with Crippen molar-refractivity contribution in [3.63, 3.8) is 0 Å². The number of nitrogens with one attached hydrogen (secondary N) is 2. The third-order valence-corrected chi connectivity index (χ3v) is 6.92. The van der Waals surface area contributed by atoms with Crippen LogP contribution in [0.2, 0.25) is 0 Å². The highest BCUT2D eigenvalue weighted by Crippen LogP contribution is 2.45. The zero-order valence-corrected chi connectivity index (χ0v) is 20.1. The second kappa shape index (κ2) is 9.73. The molecule has 0 spiro atoms. The number of carbonyl (C=O) groups is 2. The van der Waals surface area contributed by atoms with Crippen molar-refractivity contribution in [1.82, 2.24) is 5.32 Å². The molecule has 1 heterocycles. The number of anilines is 1. The lowest BCUT2D eigenvalue weighted by Gasteiger charge is -2.37. The first-order valence-electron chi connectivity index (χ1n) is 12.0. The number of dihydropyridines is 1. The topological polar surface area (TPSA) is 58.2 Å². The number of halogens is 3. The fraction of sp³-hybridized carbons (Fsp3) is 0.200. The Bertz CT molecular complexity index is 1410. The molecular weight excluding hydrogens is 477 g/mol. The maximum absolute atomic E-state index is 13.6. The molecule has 2 atom stereocenters. The molecule has 0 saturated heterocycles. The molecule has 0 radical (unpaired) electrons. The molecule has 4 nitrogen and oxygen atoms in total. The lowest BCUT2D eigenvalue weighted by Crippen LogP contribution is -2.37. The molecule has 0 aromatic heterocycles. The Morgan fingerprint density at radius 2 is 1.54 bits per heavy atom. The Hall–Kier alpha value is -4.13. The van der Waals surface area contributed by atoms with Crippen molar-refractivity contribution in [2.24, 2.45) is 0 Å². The van der Waals surface area contributed by atoms with E-state index in [0.717, 1.165) is 29.0 Å². The lowest BCUT2D eigenvalue weighted by molar-refractivity contribution is -0.137. The number of alkyl halides is 3. The molecule has 1 aliphatic heterocycles. The summed E-state index contributed by atoms with van der Waals surface area (Å²) in [5, 5.41) is 5.93. The van der Waals surface area contributed by atoms with Crippen LogP contribution in [0.4, 0.5) is 18.9 Å². The molecule has 2 N–H and O–H groups in total. The Balaban J connectivity index is 1.52. The van der Waals surface area contributed by atoms with E-state index in [1.165, 1.54) is 12.1 Å². The Morgan fingerprint density at radius 3 is 2.19 bits per heavy atom. The molecule has 2 aliphatic rings. The van der Waals surface area contributed by atoms with Crippen LogP contribution in [0.3, 0.4) is 0 Å². The largest absolute Gasteiger partial charge is 0.416 e. The monoisotopic (exact) mass is 502 g/mol. The minimum atomic E-state index is -4.53. The van der Waals surface area contributed by atoms with Gasteiger partial charge in [0.15, 0.2) is 5.78 Å². The maximum atomic E-state index is 13.6. The van der Waals surface area contributed by atoms with Gasteiger partial charge in [-0.25, -0.2) is 0 Å². The van der Waals surface area contributed by atoms with Crippen molar-refractivity contribution in [2.45, 2.75) is 37.8 Å². The number of hydrogen-bond donors (Lipinski definition) is 2. The lowest BCUT2D eigenvalue weighted by atomic mass is 9.71. The van der Waals surface area contributed by atoms with Gasteiger partial charge in [0, 0.05) is 40.6 Å². The van der Waals surface area contributed by atoms with Crippen LogP contribution in [0.15, 0.2) is 107 Å². The number of ketones is 1. The third-order valence-electron chi connectivity index (χ3n) is 6.92. The van der Waals surface area contributed by atoms with Gasteiger partial charge in [-0.05, 0) is 48.6 Å². The van der Waals surface area contributed by atoms with Crippen molar-refractivity contribution >= 4 is 17.4 Å². The van der Waals surface area contributed by atoms with Gasteiger partial charge in [-0.2, -0.15) is 13.2 Å². The summed E-state index contributed by atoms with van der Waals surface area (Å²) in [4.78, 5) is 27.2. The first kappa shape index (κ1) is 24.6. The van der Waals surface area contributed by atoms with Crippen molar-refractivity contribution in [3.05, 3.63) is 124 Å². The number of benzene rings is 3. The van der Waals surface area contributed by atoms with E-state index < -0.39 is 23.6 Å². The highest BCUT2D eigenvalue weighted by molar-refractivity contribution is 6.10. The predicted molar refractivity (Wildman–Crippen MR) is 136 cm³/mol. The minimum absolute atomic E-state index is 0.0182. The standard InChI is InChI=1S/C30H25F3N2O2/c1-18-26(29(37)35-23-14-8-13-22(17-23)30(31,32)33)27(20-11-6-3-7-12-20)28-24(34-18)15-21(16-25(28)36)19-9-4-2-5-10-19/h2-14,17,21,27,34H,15-16H2,1H3,(H,35,37)/t21-,27-/m0/s1. The number of rotatable bonds is 4. The highest BCUT2D eigenvalue weighted by Gasteiger charge is 2.41. The van der Waals surface area contributed by atoms with Gasteiger partial charge in [0.25, 0.3) is 5.91 Å². The SMILES string of the molecule is CC1=C(C(=O)Nc2cccc(C(F)(F)F)c2)[C@H](c2ccccc2)C2=C(C[C@H](c3ccccc3)CC2=O)N1. The number of hydrogen-bond acceptors (Lipinski definition) is 3. The molecular formula is C30H25F3N2O2. The van der Waals surface area contributed by atoms with Crippen LogP contribution in [-0.4, -0.2) is 11.7 Å². The molecule has 188 valence electrons. The summed E-state index contributed by atoms with van der Waals surface area (Å²) < 4.78 is 39.6. The van der Waals surface area contributed by atoms with E-state index in [0.29, 0.717) is 29.7 Å². The molecule has 7 heteroatoms. The van der Waals surface area contributed by atoms with Crippen LogP contribution >= 0.6 is 0 Å². The summed E-state index contributed by atoms with van der Waals surface area (Å²) in [5.74, 6) is -1.21. The second-order valence-corrected chi connectivity index (χ2v) is 9.37. The third kappa shape index (κ3) is 4.94. The maximum Gasteiger partial charge on any atom is 0.416 e. The van der Waals surface area contributed by atoms with Gasteiger partial charge >= 0.3 is 6.18 Å². The molecule has 0 saturated carbocycles. The molecule has 37 heavy (non-hydrogen) atoms. The molecule has 1 amide bonds. The van der Waals surface area contributed by atoms with E-state index in [-0.39, 0.29) is 17.4 Å². The van der Waals surface area contributed by atoms with Gasteiger partial charge in [-0.15, -0.1) is 0 Å². The molecule has 0 bridgehead atoms. The summed E-state index contributed by atoms with van der Waals surface area (Å²) in [6, 6.07) is 23.7. The zero-order chi connectivity index (χ0) is 26.2. The van der Waals surface area contributed by atoms with Gasteiger partial charge in [0.2, 0.25) is 0 Å². The Labute approximate surface area is 212 Å². The van der Waals surface area contributed by atoms with Gasteiger partial charge in [0.05, 0.1) is 5.56 Å². The van der Waals surface area contributed by atoms with Crippen molar-refractivity contribution in [3.8, 4) is 0 Å². The average Bonchev–Trinajstić information content (AvgIpc) is 2.88. The van der Waals surface area contributed by atoms with Gasteiger partial charge in [-0.3, -0.25) is 9.59 Å². The Morgan fingerprint density at radius 1 is 0.892 bits per heavy atom. The quantitative estimate of drug-likeness (QED) is 0.417. The average molecular weight is 503 g/mol. The Kier molecular flexibility index (Phi) is 6.46. The van der Waals surface area contributed by atoms with Gasteiger partial charge in [-0.1, -0.05) is 66.7 Å². The first-order chi connectivity index (χ1) is 17.7. The molecule has 3 aromatic rings. The van der Waals surface area contributed by atoms with Crippen LogP contribution < -0.4 is 10.6 Å². The molecule has 1 aliphatic carbocycles. The van der Waals surface area contributed by atoms with Crippen LogP contribution in [0.5, 0.6) is 0 Å². The van der Waals surface area contributed by atoms with Crippen LogP contribution in [0, 0.1) is 0 Å². The number of Topliss-reactive ketones (excluding diaryl/α,β-unsaturated/α-hetero) is 1. The normalized spacial score (nSPS) is 19.8. The van der Waals surface area contributed by atoms with E-state index in [2.05, 4.69) is 10.6 Å². The fourth-order valence-electron chi connectivity index (χ4n) is 5.25. The summed E-state index contributed by atoms with van der Waals surface area (Å²) in [5.41, 5.74) is 3.24. The first-order valence-corrected chi connectivity index (χ1v) is 12.0. The number of carbonyl (C=O) groups excluding carboxylic acids is 2. The minimum Gasteiger partial charge on any atom is -0.362 e. The van der Waals surface area contributed by atoms with E-state index in [1.807, 2.05) is 60.7 Å². The van der Waals surface area contributed by atoms with Gasteiger partial charge < -0.3 is 10.6 Å². The van der Waals surface area contributed by atoms with E-state index in [1.54, 1.807) is 6.92 Å². The van der Waals surface area contributed by atoms with Crippen LogP contribution in [-0.2, 0) is 15.8 Å². The highest BCUT2D eigenvalue weighted by atomic mass is 19.4. The molecule has 5 rings (SSSR count). The number of allylic oxidation sites excluding steroid dienone is 3. The summed E-state index contributed by atoms with van der Waals surface area (Å²) in [7, 11) is 0. The number of amides is 1. The predicted octanol–water partition coefficient (Wildman–Crippen LogP) is 6.71. The smallest absolute Gasteiger partial charge is 0.362 e. The summed E-state index contributed by atoms with van der Waals surface area (Å²) in [6.45, 7) is 1.76. The second-order valence-electron chi connectivity index (χ2n) is 9.37. The van der Waals surface area contributed by atoms with Crippen molar-refractivity contribution in [1.29, 1.82) is 0 Å². The summed E-state index contributed by atoms with van der Waals surface area (Å²) in [6.07, 6.45) is -3.60. The summed E-state index contributed by atoms with van der Waals surface area (Å²) >= 11 is 0. The van der Waals surface area contributed by atoms with Crippen LogP contribution in [0.25, 0.3) is 0 Å².